The second-order valence-electron chi connectivity index (χ2n) is 5.82. The van der Waals surface area contributed by atoms with E-state index < -0.39 is 5.54 Å². The number of aromatic nitrogens is 2. The van der Waals surface area contributed by atoms with Crippen molar-refractivity contribution in [3.8, 4) is 0 Å². The third-order valence-electron chi connectivity index (χ3n) is 4.02. The minimum absolute atomic E-state index is 0.289. The van der Waals surface area contributed by atoms with Crippen LogP contribution in [0.3, 0.4) is 0 Å². The summed E-state index contributed by atoms with van der Waals surface area (Å²) in [5, 5.41) is 3.33. The molecule has 1 saturated carbocycles. The molecule has 0 aromatic carbocycles. The number of nitrogens with zero attached hydrogens (tertiary/aromatic N) is 2. The largest absolute Gasteiger partial charge is 0.368 e. The molecule has 1 aromatic rings. The van der Waals surface area contributed by atoms with Crippen molar-refractivity contribution >= 4 is 5.91 Å². The van der Waals surface area contributed by atoms with Crippen LogP contribution in [0.2, 0.25) is 0 Å². The smallest absolute Gasteiger partial charge is 0.243 e. The standard InChI is InChI=1S/C13H20N4O/c1-13(2,12(14)18)17-10-5-6-15-7-9(10)16-11(17)8-3-4-8/h8,15H,3-7H2,1-2H3,(H2,14,18). The maximum Gasteiger partial charge on any atom is 0.243 e. The van der Waals surface area contributed by atoms with Crippen LogP contribution in [0.4, 0.5) is 0 Å². The number of fused-ring (bicyclic) bond motifs is 1. The fourth-order valence-corrected chi connectivity index (χ4v) is 2.68. The van der Waals surface area contributed by atoms with Gasteiger partial charge in [-0.1, -0.05) is 0 Å². The van der Waals surface area contributed by atoms with Crippen molar-refractivity contribution in [2.24, 2.45) is 5.73 Å². The van der Waals surface area contributed by atoms with Crippen molar-refractivity contribution in [1.29, 1.82) is 0 Å². The Morgan fingerprint density at radius 3 is 2.83 bits per heavy atom. The molecule has 3 rings (SSSR count). The molecule has 2 heterocycles. The van der Waals surface area contributed by atoms with E-state index in [1.165, 1.54) is 18.5 Å². The lowest BCUT2D eigenvalue weighted by Crippen LogP contribution is -2.43. The van der Waals surface area contributed by atoms with E-state index in [9.17, 15) is 4.79 Å². The van der Waals surface area contributed by atoms with E-state index in [1.54, 1.807) is 0 Å². The molecule has 18 heavy (non-hydrogen) atoms. The summed E-state index contributed by atoms with van der Waals surface area (Å²) in [6.07, 6.45) is 3.28. The van der Waals surface area contributed by atoms with Gasteiger partial charge in [-0.3, -0.25) is 4.79 Å². The summed E-state index contributed by atoms with van der Waals surface area (Å²) in [5.74, 6) is 1.30. The highest BCUT2D eigenvalue weighted by molar-refractivity contribution is 5.82. The van der Waals surface area contributed by atoms with Crippen LogP contribution in [0.1, 0.15) is 49.8 Å². The minimum atomic E-state index is -0.685. The molecule has 0 spiro atoms. The van der Waals surface area contributed by atoms with Crippen molar-refractivity contribution in [3.63, 3.8) is 0 Å². The molecule has 98 valence electrons. The van der Waals surface area contributed by atoms with Gasteiger partial charge in [0.15, 0.2) is 0 Å². The van der Waals surface area contributed by atoms with E-state index in [1.807, 2.05) is 13.8 Å². The van der Waals surface area contributed by atoms with Crippen LogP contribution in [0.25, 0.3) is 0 Å². The molecule has 1 fully saturated rings. The lowest BCUT2D eigenvalue weighted by atomic mass is 10.0. The highest BCUT2D eigenvalue weighted by Gasteiger charge is 2.39. The van der Waals surface area contributed by atoms with Gasteiger partial charge >= 0.3 is 0 Å². The Morgan fingerprint density at radius 1 is 1.50 bits per heavy atom. The van der Waals surface area contributed by atoms with E-state index in [2.05, 4.69) is 9.88 Å². The van der Waals surface area contributed by atoms with Crippen LogP contribution >= 0.6 is 0 Å². The number of nitrogens with one attached hydrogen (secondary N) is 1. The fourth-order valence-electron chi connectivity index (χ4n) is 2.68. The Morgan fingerprint density at radius 2 is 2.22 bits per heavy atom. The first kappa shape index (κ1) is 11.7. The van der Waals surface area contributed by atoms with Gasteiger partial charge in [0.1, 0.15) is 11.4 Å². The quantitative estimate of drug-likeness (QED) is 0.824. The van der Waals surface area contributed by atoms with Crippen molar-refractivity contribution in [3.05, 3.63) is 17.2 Å². The molecule has 0 saturated heterocycles. The summed E-state index contributed by atoms with van der Waals surface area (Å²) in [7, 11) is 0. The topological polar surface area (TPSA) is 72.9 Å². The Kier molecular flexibility index (Phi) is 2.48. The zero-order chi connectivity index (χ0) is 12.9. The molecular weight excluding hydrogens is 228 g/mol. The molecule has 1 aromatic heterocycles. The second-order valence-corrected chi connectivity index (χ2v) is 5.82. The number of carbonyl (C=O) groups excluding carboxylic acids is 1. The Balaban J connectivity index is 2.15. The summed E-state index contributed by atoms with van der Waals surface area (Å²) < 4.78 is 2.11. The predicted molar refractivity (Wildman–Crippen MR) is 68.1 cm³/mol. The minimum Gasteiger partial charge on any atom is -0.368 e. The first-order chi connectivity index (χ1) is 8.51. The number of nitrogens with two attached hydrogens (primary N) is 1. The maximum atomic E-state index is 11.8. The summed E-state index contributed by atoms with van der Waals surface area (Å²) in [6.45, 7) is 5.53. The van der Waals surface area contributed by atoms with Gasteiger partial charge in [-0.05, 0) is 26.7 Å². The van der Waals surface area contributed by atoms with Crippen molar-refractivity contribution in [1.82, 2.24) is 14.9 Å². The molecule has 3 N–H and O–H groups in total. The molecule has 0 bridgehead atoms. The average molecular weight is 248 g/mol. The Bertz CT molecular complexity index is 499. The number of primary amides is 1. The summed E-state index contributed by atoms with van der Waals surface area (Å²) >= 11 is 0. The third kappa shape index (κ3) is 1.65. The molecule has 1 aliphatic heterocycles. The van der Waals surface area contributed by atoms with Crippen molar-refractivity contribution < 1.29 is 4.79 Å². The van der Waals surface area contributed by atoms with E-state index in [-0.39, 0.29) is 5.91 Å². The molecule has 5 heteroatoms. The van der Waals surface area contributed by atoms with E-state index in [0.717, 1.165) is 31.0 Å². The fraction of sp³-hybridized carbons (Fsp3) is 0.692. The summed E-state index contributed by atoms with van der Waals surface area (Å²) in [5.41, 5.74) is 7.18. The zero-order valence-electron chi connectivity index (χ0n) is 11.0. The van der Waals surface area contributed by atoms with Crippen LogP contribution in [0.5, 0.6) is 0 Å². The monoisotopic (exact) mass is 248 g/mol. The van der Waals surface area contributed by atoms with E-state index >= 15 is 0 Å². The maximum absolute atomic E-state index is 11.8. The van der Waals surface area contributed by atoms with Gasteiger partial charge in [-0.25, -0.2) is 4.98 Å². The second kappa shape index (κ2) is 3.82. The van der Waals surface area contributed by atoms with Crippen LogP contribution in [0.15, 0.2) is 0 Å². The summed E-state index contributed by atoms with van der Waals surface area (Å²) in [6, 6.07) is 0. The van der Waals surface area contributed by atoms with Gasteiger partial charge in [0, 0.05) is 31.1 Å². The molecule has 1 amide bonds. The van der Waals surface area contributed by atoms with Crippen LogP contribution in [-0.4, -0.2) is 22.0 Å². The molecule has 2 aliphatic rings. The normalized spacial score (nSPS) is 19.7. The molecule has 0 unspecified atom stereocenters. The van der Waals surface area contributed by atoms with Crippen LogP contribution < -0.4 is 11.1 Å². The van der Waals surface area contributed by atoms with Gasteiger partial charge < -0.3 is 15.6 Å². The SMILES string of the molecule is CC(C)(C(N)=O)n1c(C2CC2)nc2c1CCNC2. The molecule has 1 aliphatic carbocycles. The van der Waals surface area contributed by atoms with E-state index in [4.69, 9.17) is 10.7 Å². The molecule has 0 radical (unpaired) electrons. The highest BCUT2D eigenvalue weighted by Crippen LogP contribution is 2.42. The Labute approximate surface area is 107 Å². The first-order valence-electron chi connectivity index (χ1n) is 6.63. The van der Waals surface area contributed by atoms with Gasteiger partial charge in [0.2, 0.25) is 5.91 Å². The number of hydrogen-bond acceptors (Lipinski definition) is 3. The lowest BCUT2D eigenvalue weighted by Gasteiger charge is -2.28. The third-order valence-corrected chi connectivity index (χ3v) is 4.02. The predicted octanol–water partition coefficient (Wildman–Crippen LogP) is 0.627. The molecular formula is C13H20N4O. The van der Waals surface area contributed by atoms with Crippen LogP contribution in [-0.2, 0) is 23.3 Å². The number of rotatable bonds is 3. The first-order valence-corrected chi connectivity index (χ1v) is 6.63. The van der Waals surface area contributed by atoms with Gasteiger partial charge in [0.05, 0.1) is 5.69 Å². The molecule has 0 atom stereocenters. The van der Waals surface area contributed by atoms with Crippen LogP contribution in [0, 0.1) is 0 Å². The number of carbonyl (C=O) groups is 1. The zero-order valence-corrected chi connectivity index (χ0v) is 11.0. The van der Waals surface area contributed by atoms with E-state index in [0.29, 0.717) is 5.92 Å². The lowest BCUT2D eigenvalue weighted by molar-refractivity contribution is -0.125. The number of amides is 1. The van der Waals surface area contributed by atoms with Gasteiger partial charge in [-0.15, -0.1) is 0 Å². The van der Waals surface area contributed by atoms with Gasteiger partial charge in [-0.2, -0.15) is 0 Å². The Hall–Kier alpha value is -1.36. The van der Waals surface area contributed by atoms with Gasteiger partial charge in [0.25, 0.3) is 0 Å². The number of hydrogen-bond donors (Lipinski definition) is 2. The molecule has 5 nitrogen and oxygen atoms in total. The number of imidazole rings is 1. The van der Waals surface area contributed by atoms with Crippen molar-refractivity contribution in [2.45, 2.75) is 51.1 Å². The summed E-state index contributed by atoms with van der Waals surface area (Å²) in [4.78, 5) is 16.5. The van der Waals surface area contributed by atoms with Crippen molar-refractivity contribution in [2.75, 3.05) is 6.54 Å². The highest BCUT2D eigenvalue weighted by atomic mass is 16.1. The average Bonchev–Trinajstić information content (AvgIpc) is 3.08.